The molecule has 0 saturated carbocycles. The van der Waals surface area contributed by atoms with Crippen LogP contribution in [0, 0.1) is 0 Å². The fourth-order valence-electron chi connectivity index (χ4n) is 1.99. The van der Waals surface area contributed by atoms with Gasteiger partial charge in [0.15, 0.2) is 0 Å². The Bertz CT molecular complexity index is 181. The predicted octanol–water partition coefficient (Wildman–Crippen LogP) is 3.67. The first-order valence-electron chi connectivity index (χ1n) is 8.03. The summed E-state index contributed by atoms with van der Waals surface area (Å²) in [7, 11) is 0. The predicted molar refractivity (Wildman–Crippen MR) is 80.4 cm³/mol. The molecule has 3 nitrogen and oxygen atoms in total. The zero-order valence-electron chi connectivity index (χ0n) is 13.0. The molecule has 0 aliphatic carbocycles. The molecule has 0 spiro atoms. The van der Waals surface area contributed by atoms with E-state index in [1.807, 2.05) is 0 Å². The summed E-state index contributed by atoms with van der Waals surface area (Å²) in [5, 5.41) is 18.4. The molecule has 0 fully saturated rings. The first kappa shape index (κ1) is 18.9. The second-order valence-electron chi connectivity index (χ2n) is 5.85. The van der Waals surface area contributed by atoms with Gasteiger partial charge in [-0.05, 0) is 13.3 Å². The zero-order valence-corrected chi connectivity index (χ0v) is 13.0. The molecule has 1 unspecified atom stereocenters. The number of aliphatic hydroxyl groups is 2. The molecule has 0 aliphatic rings. The van der Waals surface area contributed by atoms with E-state index >= 15 is 0 Å². The lowest BCUT2D eigenvalue weighted by atomic mass is 10.1. The van der Waals surface area contributed by atoms with E-state index in [1.165, 1.54) is 51.4 Å². The van der Waals surface area contributed by atoms with Crippen molar-refractivity contribution in [2.45, 2.75) is 83.7 Å². The second-order valence-corrected chi connectivity index (χ2v) is 5.85. The second kappa shape index (κ2) is 12.9. The molecule has 0 heterocycles. The van der Waals surface area contributed by atoms with Crippen LogP contribution in [0.15, 0.2) is 0 Å². The van der Waals surface area contributed by atoms with Crippen LogP contribution < -0.4 is 0 Å². The summed E-state index contributed by atoms with van der Waals surface area (Å²) < 4.78 is 5.46. The van der Waals surface area contributed by atoms with Crippen molar-refractivity contribution in [1.82, 2.24) is 0 Å². The zero-order chi connectivity index (χ0) is 14.4. The third-order valence-electron chi connectivity index (χ3n) is 3.52. The van der Waals surface area contributed by atoms with Crippen molar-refractivity contribution >= 4 is 0 Å². The minimum atomic E-state index is -0.988. The van der Waals surface area contributed by atoms with Gasteiger partial charge < -0.3 is 14.9 Å². The smallest absolute Gasteiger partial charge is 0.0871 e. The van der Waals surface area contributed by atoms with Crippen LogP contribution in [0.5, 0.6) is 0 Å². The maximum atomic E-state index is 9.55. The van der Waals surface area contributed by atoms with Crippen molar-refractivity contribution in [3.05, 3.63) is 0 Å². The van der Waals surface area contributed by atoms with Crippen LogP contribution in [0.4, 0.5) is 0 Å². The van der Waals surface area contributed by atoms with E-state index in [4.69, 9.17) is 9.84 Å². The third kappa shape index (κ3) is 14.1. The van der Waals surface area contributed by atoms with Crippen LogP contribution in [0.1, 0.15) is 78.1 Å². The van der Waals surface area contributed by atoms with Gasteiger partial charge in [0.1, 0.15) is 0 Å². The lowest BCUT2D eigenvalue weighted by Crippen LogP contribution is -2.30. The van der Waals surface area contributed by atoms with Crippen LogP contribution in [0.25, 0.3) is 0 Å². The maximum absolute atomic E-state index is 9.55. The molecule has 0 aliphatic heterocycles. The highest BCUT2D eigenvalue weighted by molar-refractivity contribution is 4.69. The van der Waals surface area contributed by atoms with Gasteiger partial charge in [0.25, 0.3) is 0 Å². The van der Waals surface area contributed by atoms with Crippen molar-refractivity contribution in [3.63, 3.8) is 0 Å². The molecule has 0 radical (unpaired) electrons. The van der Waals surface area contributed by atoms with Crippen LogP contribution in [-0.2, 0) is 4.74 Å². The monoisotopic (exact) mass is 274 g/mol. The Labute approximate surface area is 119 Å². The highest BCUT2D eigenvalue weighted by Gasteiger charge is 2.17. The summed E-state index contributed by atoms with van der Waals surface area (Å²) in [6, 6.07) is 0. The SMILES string of the molecule is CCCCCCCCCCCOCCC(C)(O)CO. The van der Waals surface area contributed by atoms with Crippen LogP contribution in [0.3, 0.4) is 0 Å². The van der Waals surface area contributed by atoms with E-state index in [1.54, 1.807) is 6.92 Å². The Morgan fingerprint density at radius 1 is 0.842 bits per heavy atom. The van der Waals surface area contributed by atoms with Crippen LogP contribution in [0.2, 0.25) is 0 Å². The average Bonchev–Trinajstić information content (AvgIpc) is 2.40. The molecule has 19 heavy (non-hydrogen) atoms. The lowest BCUT2D eigenvalue weighted by molar-refractivity contribution is -0.0269. The van der Waals surface area contributed by atoms with E-state index in [9.17, 15) is 5.11 Å². The number of unbranched alkanes of at least 4 members (excludes halogenated alkanes) is 8. The summed E-state index contributed by atoms with van der Waals surface area (Å²) in [4.78, 5) is 0. The standard InChI is InChI=1S/C16H34O3/c1-3-4-5-6-7-8-9-10-11-13-19-14-12-16(2,18)15-17/h17-18H,3-15H2,1-2H3. The van der Waals surface area contributed by atoms with Gasteiger partial charge >= 0.3 is 0 Å². The molecule has 1 atom stereocenters. The van der Waals surface area contributed by atoms with Crippen molar-refractivity contribution in [2.24, 2.45) is 0 Å². The number of ether oxygens (including phenoxy) is 1. The van der Waals surface area contributed by atoms with Gasteiger partial charge in [0, 0.05) is 19.6 Å². The summed E-state index contributed by atoms with van der Waals surface area (Å²) in [6.07, 6.45) is 12.4. The third-order valence-corrected chi connectivity index (χ3v) is 3.52. The number of aliphatic hydroxyl groups excluding tert-OH is 1. The minimum Gasteiger partial charge on any atom is -0.393 e. The summed E-state index contributed by atoms with van der Waals surface area (Å²) in [5.41, 5.74) is -0.988. The highest BCUT2D eigenvalue weighted by Crippen LogP contribution is 2.10. The molecule has 0 bridgehead atoms. The summed E-state index contributed by atoms with van der Waals surface area (Å²) in [5.74, 6) is 0. The van der Waals surface area contributed by atoms with Crippen molar-refractivity contribution in [2.75, 3.05) is 19.8 Å². The molecular weight excluding hydrogens is 240 g/mol. The van der Waals surface area contributed by atoms with Crippen molar-refractivity contribution < 1.29 is 14.9 Å². The quantitative estimate of drug-likeness (QED) is 0.475. The lowest BCUT2D eigenvalue weighted by Gasteiger charge is -2.19. The van der Waals surface area contributed by atoms with Crippen molar-refractivity contribution in [1.29, 1.82) is 0 Å². The molecule has 0 aromatic carbocycles. The van der Waals surface area contributed by atoms with Gasteiger partial charge in [-0.1, -0.05) is 58.3 Å². The van der Waals surface area contributed by atoms with E-state index in [0.717, 1.165) is 13.0 Å². The molecule has 0 aromatic heterocycles. The maximum Gasteiger partial charge on any atom is 0.0871 e. The minimum absolute atomic E-state index is 0.200. The largest absolute Gasteiger partial charge is 0.393 e. The molecule has 0 aromatic rings. The fraction of sp³-hybridized carbons (Fsp3) is 1.00. The van der Waals surface area contributed by atoms with Crippen LogP contribution in [-0.4, -0.2) is 35.6 Å². The molecule has 0 amide bonds. The molecule has 2 N–H and O–H groups in total. The van der Waals surface area contributed by atoms with Gasteiger partial charge in [-0.3, -0.25) is 0 Å². The summed E-state index contributed by atoms with van der Waals surface area (Å²) >= 11 is 0. The van der Waals surface area contributed by atoms with E-state index < -0.39 is 5.60 Å². The number of hydrogen-bond donors (Lipinski definition) is 2. The van der Waals surface area contributed by atoms with Gasteiger partial charge in [-0.2, -0.15) is 0 Å². The Hall–Kier alpha value is -0.120. The molecule has 116 valence electrons. The number of rotatable bonds is 14. The average molecular weight is 274 g/mol. The fourth-order valence-corrected chi connectivity index (χ4v) is 1.99. The van der Waals surface area contributed by atoms with Crippen LogP contribution >= 0.6 is 0 Å². The van der Waals surface area contributed by atoms with E-state index in [-0.39, 0.29) is 6.61 Å². The molecule has 3 heteroatoms. The van der Waals surface area contributed by atoms with Gasteiger partial charge in [-0.25, -0.2) is 0 Å². The molecular formula is C16H34O3. The van der Waals surface area contributed by atoms with Crippen molar-refractivity contribution in [3.8, 4) is 0 Å². The first-order valence-corrected chi connectivity index (χ1v) is 8.03. The topological polar surface area (TPSA) is 49.7 Å². The Balaban J connectivity index is 3.07. The van der Waals surface area contributed by atoms with E-state index in [0.29, 0.717) is 13.0 Å². The normalized spacial score (nSPS) is 14.5. The first-order chi connectivity index (χ1) is 9.12. The Kier molecular flexibility index (Phi) is 12.8. The molecule has 0 rings (SSSR count). The highest BCUT2D eigenvalue weighted by atomic mass is 16.5. The Morgan fingerprint density at radius 2 is 1.37 bits per heavy atom. The summed E-state index contributed by atoms with van der Waals surface area (Å²) in [6.45, 7) is 4.99. The van der Waals surface area contributed by atoms with E-state index in [2.05, 4.69) is 6.92 Å². The Morgan fingerprint density at radius 3 is 1.89 bits per heavy atom. The van der Waals surface area contributed by atoms with Gasteiger partial charge in [0.05, 0.1) is 12.2 Å². The van der Waals surface area contributed by atoms with Gasteiger partial charge in [0.2, 0.25) is 0 Å². The molecule has 0 saturated heterocycles. The van der Waals surface area contributed by atoms with Gasteiger partial charge in [-0.15, -0.1) is 0 Å². The number of hydrogen-bond acceptors (Lipinski definition) is 3.